The first-order chi connectivity index (χ1) is 8.75. The summed E-state index contributed by atoms with van der Waals surface area (Å²) in [6, 6.07) is 18.3. The number of benzene rings is 2. The highest BCUT2D eigenvalue weighted by molar-refractivity contribution is 6.38. The minimum absolute atomic E-state index is 0.247. The van der Waals surface area contributed by atoms with Gasteiger partial charge in [0.15, 0.2) is 5.78 Å². The third kappa shape index (κ3) is 1.78. The van der Waals surface area contributed by atoms with Crippen molar-refractivity contribution >= 4 is 16.9 Å². The van der Waals surface area contributed by atoms with Crippen LogP contribution in [0.3, 0.4) is 0 Å². The van der Waals surface area contributed by atoms with Crippen LogP contribution >= 0.6 is 0 Å². The summed E-state index contributed by atoms with van der Waals surface area (Å²) in [6.07, 6.45) is 0.563. The molecule has 88 valence electrons. The summed E-state index contributed by atoms with van der Waals surface area (Å²) in [7, 11) is 0. The number of carbonyl (C=O) groups is 1. The minimum Gasteiger partial charge on any atom is -0.294 e. The summed E-state index contributed by atoms with van der Waals surface area (Å²) in [5.74, 6) is 0.247. The molecule has 1 nitrogen and oxygen atoms in total. The molecule has 0 saturated heterocycles. The monoisotopic (exact) mass is 234 g/mol. The fourth-order valence-corrected chi connectivity index (χ4v) is 2.34. The molecule has 2 aromatic rings. The van der Waals surface area contributed by atoms with Gasteiger partial charge in [0.1, 0.15) is 0 Å². The third-order valence-electron chi connectivity index (χ3n) is 3.38. The van der Waals surface area contributed by atoms with E-state index in [4.69, 9.17) is 0 Å². The minimum atomic E-state index is 0.247. The molecule has 3 rings (SSSR count). The zero-order valence-electron chi connectivity index (χ0n) is 10.3. The van der Waals surface area contributed by atoms with Gasteiger partial charge in [-0.05, 0) is 23.6 Å². The number of hydrogen-bond acceptors (Lipinski definition) is 1. The average molecular weight is 234 g/mol. The molecular weight excluding hydrogens is 220 g/mol. The summed E-state index contributed by atoms with van der Waals surface area (Å²) in [4.78, 5) is 11.8. The summed E-state index contributed by atoms with van der Waals surface area (Å²) in [6.45, 7) is 2.07. The van der Waals surface area contributed by atoms with Crippen molar-refractivity contribution in [2.45, 2.75) is 13.3 Å². The van der Waals surface area contributed by atoms with Gasteiger partial charge in [-0.1, -0.05) is 60.2 Å². The molecule has 0 saturated carbocycles. The molecule has 0 amide bonds. The van der Waals surface area contributed by atoms with Crippen LogP contribution in [0.2, 0.25) is 0 Å². The molecule has 0 aromatic heterocycles. The molecule has 1 heteroatoms. The molecule has 0 aliphatic heterocycles. The summed E-state index contributed by atoms with van der Waals surface area (Å²) >= 11 is 0. The van der Waals surface area contributed by atoms with E-state index < -0.39 is 0 Å². The maximum atomic E-state index is 11.8. The second-order valence-corrected chi connectivity index (χ2v) is 4.69. The van der Waals surface area contributed by atoms with E-state index in [0.717, 1.165) is 11.1 Å². The number of Topliss-reactive ketones (excluding diaryl/α,β-unsaturated/α-hetero) is 1. The molecule has 1 aliphatic rings. The number of aryl methyl sites for hydroxylation is 1. The van der Waals surface area contributed by atoms with Gasteiger partial charge in [0.2, 0.25) is 0 Å². The van der Waals surface area contributed by atoms with Gasteiger partial charge in [-0.2, -0.15) is 0 Å². The van der Waals surface area contributed by atoms with Crippen LogP contribution in [0, 0.1) is 6.92 Å². The smallest absolute Gasteiger partial charge is 0.168 e. The molecule has 0 spiro atoms. The lowest BCUT2D eigenvalue weighted by Gasteiger charge is -2.23. The zero-order valence-corrected chi connectivity index (χ0v) is 10.3. The van der Waals surface area contributed by atoms with Gasteiger partial charge < -0.3 is 0 Å². The van der Waals surface area contributed by atoms with E-state index in [2.05, 4.69) is 31.2 Å². The van der Waals surface area contributed by atoms with Crippen LogP contribution < -0.4 is 0 Å². The Balaban J connectivity index is 2.08. The van der Waals surface area contributed by atoms with Gasteiger partial charge in [0, 0.05) is 12.0 Å². The highest BCUT2D eigenvalue weighted by Gasteiger charge is 2.28. The lowest BCUT2D eigenvalue weighted by molar-refractivity contribution is -0.113. The fraction of sp³-hybridized carbons (Fsp3) is 0.118. The Kier molecular flexibility index (Phi) is 2.60. The van der Waals surface area contributed by atoms with Crippen LogP contribution in [-0.4, -0.2) is 5.78 Å². The lowest BCUT2D eigenvalue weighted by Crippen LogP contribution is -2.15. The Morgan fingerprint density at radius 2 is 1.50 bits per heavy atom. The number of hydrogen-bond donors (Lipinski definition) is 0. The first-order valence-corrected chi connectivity index (χ1v) is 6.14. The second-order valence-electron chi connectivity index (χ2n) is 4.69. The number of ketones is 1. The molecule has 18 heavy (non-hydrogen) atoms. The predicted octanol–water partition coefficient (Wildman–Crippen LogP) is 3.88. The molecule has 0 radical (unpaired) electrons. The average Bonchev–Trinajstić information content (AvgIpc) is 2.38. The molecule has 0 atom stereocenters. The van der Waals surface area contributed by atoms with Gasteiger partial charge in [-0.25, -0.2) is 0 Å². The maximum absolute atomic E-state index is 11.8. The van der Waals surface area contributed by atoms with Gasteiger partial charge >= 0.3 is 0 Å². The predicted molar refractivity (Wildman–Crippen MR) is 74.1 cm³/mol. The number of allylic oxidation sites excluding steroid dienone is 2. The van der Waals surface area contributed by atoms with Gasteiger partial charge in [-0.3, -0.25) is 4.79 Å². The Labute approximate surface area is 107 Å². The molecule has 0 unspecified atom stereocenters. The molecule has 2 aromatic carbocycles. The SMILES string of the molecule is Cc1ccc(C2=C(c3ccccc3)C(=O)C2)cc1. The standard InChI is InChI=1S/C17H14O/c1-12-7-9-13(10-8-12)15-11-16(18)17(15)14-5-3-2-4-6-14/h2-10H,11H2,1H3. The molecular formula is C17H14O. The summed E-state index contributed by atoms with van der Waals surface area (Å²) in [5, 5.41) is 0. The van der Waals surface area contributed by atoms with Gasteiger partial charge in [0.25, 0.3) is 0 Å². The Morgan fingerprint density at radius 3 is 2.11 bits per heavy atom. The fourth-order valence-electron chi connectivity index (χ4n) is 2.34. The van der Waals surface area contributed by atoms with Crippen molar-refractivity contribution in [3.63, 3.8) is 0 Å². The van der Waals surface area contributed by atoms with Crippen molar-refractivity contribution < 1.29 is 4.79 Å². The Bertz CT molecular complexity index is 618. The first-order valence-electron chi connectivity index (χ1n) is 6.14. The van der Waals surface area contributed by atoms with Crippen LogP contribution in [0.4, 0.5) is 0 Å². The molecule has 0 fully saturated rings. The van der Waals surface area contributed by atoms with Crippen molar-refractivity contribution in [3.8, 4) is 0 Å². The summed E-state index contributed by atoms with van der Waals surface area (Å²) < 4.78 is 0. The van der Waals surface area contributed by atoms with E-state index in [1.165, 1.54) is 16.7 Å². The molecule has 0 N–H and O–H groups in total. The number of rotatable bonds is 2. The van der Waals surface area contributed by atoms with Crippen molar-refractivity contribution in [1.29, 1.82) is 0 Å². The van der Waals surface area contributed by atoms with Crippen LogP contribution in [0.5, 0.6) is 0 Å². The normalized spacial score (nSPS) is 14.6. The van der Waals surface area contributed by atoms with Crippen LogP contribution in [0.15, 0.2) is 54.6 Å². The topological polar surface area (TPSA) is 17.1 Å². The quantitative estimate of drug-likeness (QED) is 0.770. The van der Waals surface area contributed by atoms with Crippen LogP contribution in [-0.2, 0) is 4.79 Å². The second kappa shape index (κ2) is 4.26. The maximum Gasteiger partial charge on any atom is 0.168 e. The van der Waals surface area contributed by atoms with E-state index in [-0.39, 0.29) is 5.78 Å². The molecule has 0 heterocycles. The van der Waals surface area contributed by atoms with E-state index >= 15 is 0 Å². The number of carbonyl (C=O) groups excluding carboxylic acids is 1. The van der Waals surface area contributed by atoms with E-state index in [9.17, 15) is 4.79 Å². The first kappa shape index (κ1) is 11.0. The Morgan fingerprint density at radius 1 is 0.833 bits per heavy atom. The van der Waals surface area contributed by atoms with Crippen LogP contribution in [0.1, 0.15) is 23.1 Å². The highest BCUT2D eigenvalue weighted by Crippen LogP contribution is 2.39. The van der Waals surface area contributed by atoms with Crippen LogP contribution in [0.25, 0.3) is 11.1 Å². The molecule has 1 aliphatic carbocycles. The summed E-state index contributed by atoms with van der Waals surface area (Å²) in [5.41, 5.74) is 5.50. The zero-order chi connectivity index (χ0) is 12.5. The largest absolute Gasteiger partial charge is 0.294 e. The third-order valence-corrected chi connectivity index (χ3v) is 3.38. The van der Waals surface area contributed by atoms with Crippen molar-refractivity contribution in [1.82, 2.24) is 0 Å². The highest BCUT2D eigenvalue weighted by atomic mass is 16.1. The van der Waals surface area contributed by atoms with E-state index in [0.29, 0.717) is 6.42 Å². The van der Waals surface area contributed by atoms with Gasteiger partial charge in [-0.15, -0.1) is 0 Å². The van der Waals surface area contributed by atoms with Crippen molar-refractivity contribution in [2.24, 2.45) is 0 Å². The van der Waals surface area contributed by atoms with E-state index in [1.807, 2.05) is 30.3 Å². The van der Waals surface area contributed by atoms with Crippen molar-refractivity contribution in [3.05, 3.63) is 71.3 Å². The van der Waals surface area contributed by atoms with Gasteiger partial charge in [0.05, 0.1) is 0 Å². The Hall–Kier alpha value is -2.15. The molecule has 0 bridgehead atoms. The lowest BCUT2D eigenvalue weighted by atomic mass is 9.79. The van der Waals surface area contributed by atoms with E-state index in [1.54, 1.807) is 0 Å². The van der Waals surface area contributed by atoms with Crippen molar-refractivity contribution in [2.75, 3.05) is 0 Å².